The number of para-hydroxylation sites is 1. The topological polar surface area (TPSA) is 57.7 Å². The Morgan fingerprint density at radius 3 is 2.50 bits per heavy atom. The first-order chi connectivity index (χ1) is 12.2. The van der Waals surface area contributed by atoms with E-state index in [1.807, 2.05) is 24.3 Å². The first-order valence-electron chi connectivity index (χ1n) is 8.04. The monoisotopic (exact) mass is 412 g/mol. The van der Waals surface area contributed by atoms with Crippen LogP contribution in [0, 0.1) is 0 Å². The van der Waals surface area contributed by atoms with E-state index in [1.54, 1.807) is 11.8 Å². The molecule has 0 N–H and O–H groups in total. The van der Waals surface area contributed by atoms with E-state index < -0.39 is 16.1 Å². The van der Waals surface area contributed by atoms with Crippen molar-refractivity contribution in [2.45, 2.75) is 19.4 Å². The maximum absolute atomic E-state index is 13.1. The lowest BCUT2D eigenvalue weighted by molar-refractivity contribution is -0.119. The van der Waals surface area contributed by atoms with Gasteiger partial charge in [0.15, 0.2) is 0 Å². The Labute approximate surface area is 163 Å². The minimum absolute atomic E-state index is 0.226. The van der Waals surface area contributed by atoms with Gasteiger partial charge in [0.25, 0.3) is 5.91 Å². The van der Waals surface area contributed by atoms with Crippen molar-refractivity contribution in [1.29, 1.82) is 0 Å². The number of hydrogen-bond acceptors (Lipinski definition) is 3. The molecule has 0 fully saturated rings. The Morgan fingerprint density at radius 1 is 1.15 bits per heavy atom. The summed E-state index contributed by atoms with van der Waals surface area (Å²) in [6, 6.07) is 11.2. The van der Waals surface area contributed by atoms with E-state index in [2.05, 4.69) is 0 Å². The molecule has 138 valence electrons. The van der Waals surface area contributed by atoms with Gasteiger partial charge in [0.1, 0.15) is 6.04 Å². The van der Waals surface area contributed by atoms with Gasteiger partial charge in [-0.2, -0.15) is 0 Å². The van der Waals surface area contributed by atoms with Crippen molar-refractivity contribution in [2.24, 2.45) is 0 Å². The Morgan fingerprint density at radius 2 is 1.85 bits per heavy atom. The molecule has 0 saturated carbocycles. The maximum atomic E-state index is 13.1. The third-order valence-electron chi connectivity index (χ3n) is 4.38. The lowest BCUT2D eigenvalue weighted by Crippen LogP contribution is -2.49. The SMILES string of the molecule is CC(C(=O)N1CCc2ccccc21)N(c1ccc(Cl)c(Cl)c1)S(C)(=O)=O. The molecule has 1 heterocycles. The molecule has 2 aromatic rings. The average Bonchev–Trinajstić information content (AvgIpc) is 3.00. The highest BCUT2D eigenvalue weighted by molar-refractivity contribution is 7.92. The van der Waals surface area contributed by atoms with Crippen LogP contribution in [0.4, 0.5) is 11.4 Å². The van der Waals surface area contributed by atoms with Gasteiger partial charge in [0, 0.05) is 12.2 Å². The number of carbonyl (C=O) groups excluding carboxylic acids is 1. The minimum Gasteiger partial charge on any atom is -0.310 e. The molecule has 1 aliphatic heterocycles. The highest BCUT2D eigenvalue weighted by Gasteiger charge is 2.35. The fourth-order valence-electron chi connectivity index (χ4n) is 3.22. The molecule has 0 aliphatic carbocycles. The Hall–Kier alpha value is -1.76. The van der Waals surface area contributed by atoms with Crippen LogP contribution in [0.2, 0.25) is 10.0 Å². The number of halogens is 2. The van der Waals surface area contributed by atoms with E-state index in [0.717, 1.165) is 28.2 Å². The number of fused-ring (bicyclic) bond motifs is 1. The van der Waals surface area contributed by atoms with Gasteiger partial charge in [-0.05, 0) is 43.2 Å². The van der Waals surface area contributed by atoms with Crippen molar-refractivity contribution in [3.63, 3.8) is 0 Å². The van der Waals surface area contributed by atoms with Crippen molar-refractivity contribution >= 4 is 50.5 Å². The van der Waals surface area contributed by atoms with Crippen molar-refractivity contribution in [2.75, 3.05) is 22.0 Å². The van der Waals surface area contributed by atoms with Gasteiger partial charge >= 0.3 is 0 Å². The van der Waals surface area contributed by atoms with E-state index >= 15 is 0 Å². The predicted octanol–water partition coefficient (Wildman–Crippen LogP) is 3.74. The molecule has 0 radical (unpaired) electrons. The van der Waals surface area contributed by atoms with E-state index in [0.29, 0.717) is 17.3 Å². The lowest BCUT2D eigenvalue weighted by Gasteiger charge is -2.31. The third kappa shape index (κ3) is 3.54. The van der Waals surface area contributed by atoms with Gasteiger partial charge < -0.3 is 4.90 Å². The van der Waals surface area contributed by atoms with Crippen molar-refractivity contribution in [1.82, 2.24) is 0 Å². The molecule has 5 nitrogen and oxygen atoms in total. The number of carbonyl (C=O) groups is 1. The van der Waals surface area contributed by atoms with Crippen molar-refractivity contribution < 1.29 is 13.2 Å². The van der Waals surface area contributed by atoms with Gasteiger partial charge in [-0.25, -0.2) is 8.42 Å². The summed E-state index contributed by atoms with van der Waals surface area (Å²) in [5, 5.41) is 0.542. The molecule has 1 unspecified atom stereocenters. The summed E-state index contributed by atoms with van der Waals surface area (Å²) >= 11 is 12.0. The molecule has 2 aromatic carbocycles. The van der Waals surface area contributed by atoms with Gasteiger partial charge in [-0.1, -0.05) is 41.4 Å². The molecule has 0 aromatic heterocycles. The zero-order valence-electron chi connectivity index (χ0n) is 14.3. The Kier molecular flexibility index (Phi) is 5.19. The molecule has 1 aliphatic rings. The summed E-state index contributed by atoms with van der Waals surface area (Å²) in [6.45, 7) is 2.11. The second-order valence-electron chi connectivity index (χ2n) is 6.20. The van der Waals surface area contributed by atoms with Crippen LogP contribution in [0.3, 0.4) is 0 Å². The normalized spacial score (nSPS) is 14.8. The molecule has 8 heteroatoms. The van der Waals surface area contributed by atoms with Crippen molar-refractivity contribution in [3.8, 4) is 0 Å². The molecular formula is C18H18Cl2N2O3S. The van der Waals surface area contributed by atoms with Crippen LogP contribution in [-0.4, -0.2) is 33.2 Å². The Bertz CT molecular complexity index is 963. The fourth-order valence-corrected chi connectivity index (χ4v) is 4.67. The lowest BCUT2D eigenvalue weighted by atomic mass is 10.2. The summed E-state index contributed by atoms with van der Waals surface area (Å²) in [5.41, 5.74) is 2.20. The van der Waals surface area contributed by atoms with Crippen LogP contribution in [0.1, 0.15) is 12.5 Å². The van der Waals surface area contributed by atoms with Gasteiger partial charge in [0.2, 0.25) is 10.0 Å². The molecular weight excluding hydrogens is 395 g/mol. The Balaban J connectivity index is 1.97. The zero-order valence-corrected chi connectivity index (χ0v) is 16.6. The number of amides is 1. The summed E-state index contributed by atoms with van der Waals surface area (Å²) < 4.78 is 25.9. The maximum Gasteiger partial charge on any atom is 0.250 e. The van der Waals surface area contributed by atoms with Crippen LogP contribution in [0.25, 0.3) is 0 Å². The van der Waals surface area contributed by atoms with Gasteiger partial charge in [-0.15, -0.1) is 0 Å². The largest absolute Gasteiger partial charge is 0.310 e. The van der Waals surface area contributed by atoms with Crippen LogP contribution < -0.4 is 9.21 Å². The summed E-state index contributed by atoms with van der Waals surface area (Å²) in [5.74, 6) is -0.286. The van der Waals surface area contributed by atoms with Gasteiger partial charge in [0.05, 0.1) is 22.0 Å². The number of benzene rings is 2. The minimum atomic E-state index is -3.71. The molecule has 1 amide bonds. The molecule has 3 rings (SSSR count). The number of hydrogen-bond donors (Lipinski definition) is 0. The molecule has 0 bridgehead atoms. The van der Waals surface area contributed by atoms with E-state index in [4.69, 9.17) is 23.2 Å². The number of rotatable bonds is 4. The first kappa shape index (κ1) is 19.0. The molecule has 26 heavy (non-hydrogen) atoms. The number of nitrogens with zero attached hydrogens (tertiary/aromatic N) is 2. The highest BCUT2D eigenvalue weighted by Crippen LogP contribution is 2.32. The quantitative estimate of drug-likeness (QED) is 0.768. The molecule has 1 atom stereocenters. The van der Waals surface area contributed by atoms with Crippen LogP contribution in [-0.2, 0) is 21.2 Å². The summed E-state index contributed by atoms with van der Waals surface area (Å²) in [4.78, 5) is 14.7. The summed E-state index contributed by atoms with van der Waals surface area (Å²) in [6.07, 6.45) is 1.82. The third-order valence-corrected chi connectivity index (χ3v) is 6.36. The number of sulfonamides is 1. The van der Waals surface area contributed by atoms with Crippen LogP contribution in [0.5, 0.6) is 0 Å². The molecule has 0 spiro atoms. The van der Waals surface area contributed by atoms with E-state index in [9.17, 15) is 13.2 Å². The predicted molar refractivity (Wildman–Crippen MR) is 106 cm³/mol. The summed E-state index contributed by atoms with van der Waals surface area (Å²) in [7, 11) is -3.71. The number of anilines is 2. The van der Waals surface area contributed by atoms with Crippen LogP contribution >= 0.6 is 23.2 Å². The van der Waals surface area contributed by atoms with E-state index in [-0.39, 0.29) is 10.9 Å². The highest BCUT2D eigenvalue weighted by atomic mass is 35.5. The van der Waals surface area contributed by atoms with Crippen molar-refractivity contribution in [3.05, 3.63) is 58.1 Å². The first-order valence-corrected chi connectivity index (χ1v) is 10.6. The fraction of sp³-hybridized carbons (Fsp3) is 0.278. The molecule has 0 saturated heterocycles. The van der Waals surface area contributed by atoms with Gasteiger partial charge in [-0.3, -0.25) is 9.10 Å². The average molecular weight is 413 g/mol. The second-order valence-corrected chi connectivity index (χ2v) is 8.88. The second kappa shape index (κ2) is 7.10. The standard InChI is InChI=1S/C18H18Cl2N2O3S/c1-12(18(23)21-10-9-13-5-3-4-6-17(13)21)22(26(2,24)25)14-7-8-15(19)16(20)11-14/h3-8,11-12H,9-10H2,1-2H3. The smallest absolute Gasteiger partial charge is 0.250 e. The van der Waals surface area contributed by atoms with E-state index in [1.165, 1.54) is 18.2 Å². The van der Waals surface area contributed by atoms with Crippen LogP contribution in [0.15, 0.2) is 42.5 Å². The zero-order chi connectivity index (χ0) is 19.1.